The maximum Gasteiger partial charge on any atom is 0.130 e. The number of pyridine rings is 1. The van der Waals surface area contributed by atoms with E-state index in [1.165, 1.54) is 12.3 Å². The minimum Gasteiger partial charge on any atom is -0.382 e. The van der Waals surface area contributed by atoms with E-state index in [-0.39, 0.29) is 0 Å². The molecule has 0 atom stereocenters. The van der Waals surface area contributed by atoms with Gasteiger partial charge in [0.2, 0.25) is 0 Å². The molecule has 0 unspecified atom stereocenters. The number of aromatic nitrogens is 1. The summed E-state index contributed by atoms with van der Waals surface area (Å²) in [5.74, 6) is 0. The van der Waals surface area contributed by atoms with Crippen LogP contribution in [0.4, 0.5) is 0 Å². The zero-order valence-corrected chi connectivity index (χ0v) is 8.23. The summed E-state index contributed by atoms with van der Waals surface area (Å²) >= 11 is 11.5. The number of rotatable bonds is 1. The van der Waals surface area contributed by atoms with Crippen molar-refractivity contribution in [3.8, 4) is 0 Å². The van der Waals surface area contributed by atoms with Gasteiger partial charge in [-0.2, -0.15) is 0 Å². The minimum atomic E-state index is -0.866. The zero-order chi connectivity index (χ0) is 9.47. The molecule has 5 heteroatoms. The topological polar surface area (TPSA) is 45.2 Å². The van der Waals surface area contributed by atoms with Crippen LogP contribution in [0, 0.1) is 0 Å². The molecule has 1 aromatic rings. The van der Waals surface area contributed by atoms with Gasteiger partial charge >= 0.3 is 0 Å². The van der Waals surface area contributed by atoms with Crippen LogP contribution in [0.1, 0.15) is 5.56 Å². The number of hydrogen-bond acceptors (Lipinski definition) is 3. The van der Waals surface area contributed by atoms with Crippen molar-refractivity contribution in [2.75, 3.05) is 13.1 Å². The Morgan fingerprint density at radius 1 is 1.46 bits per heavy atom. The van der Waals surface area contributed by atoms with Gasteiger partial charge in [0.1, 0.15) is 10.8 Å². The fraction of sp³-hybridized carbons (Fsp3) is 0.375. The Bertz CT molecular complexity index is 339. The fourth-order valence-corrected chi connectivity index (χ4v) is 1.84. The summed E-state index contributed by atoms with van der Waals surface area (Å²) in [5.41, 5.74) is -0.230. The Hall–Kier alpha value is -0.350. The Balaban J connectivity index is 2.40. The van der Waals surface area contributed by atoms with Gasteiger partial charge < -0.3 is 10.4 Å². The van der Waals surface area contributed by atoms with Crippen molar-refractivity contribution in [2.24, 2.45) is 0 Å². The first-order valence-corrected chi connectivity index (χ1v) is 4.62. The van der Waals surface area contributed by atoms with E-state index < -0.39 is 5.60 Å². The van der Waals surface area contributed by atoms with Crippen molar-refractivity contribution in [3.63, 3.8) is 0 Å². The highest BCUT2D eigenvalue weighted by Crippen LogP contribution is 2.31. The monoisotopic (exact) mass is 218 g/mol. The molecule has 2 rings (SSSR count). The molecule has 2 N–H and O–H groups in total. The van der Waals surface area contributed by atoms with Gasteiger partial charge in [0.25, 0.3) is 0 Å². The van der Waals surface area contributed by atoms with E-state index in [0.717, 1.165) is 0 Å². The van der Waals surface area contributed by atoms with E-state index in [9.17, 15) is 5.11 Å². The molecule has 70 valence electrons. The lowest BCUT2D eigenvalue weighted by atomic mass is 9.89. The van der Waals surface area contributed by atoms with Crippen LogP contribution >= 0.6 is 23.2 Å². The third-order valence-electron chi connectivity index (χ3n) is 2.16. The van der Waals surface area contributed by atoms with Crippen molar-refractivity contribution in [1.29, 1.82) is 0 Å². The molecule has 0 saturated carbocycles. The summed E-state index contributed by atoms with van der Waals surface area (Å²) in [6, 6.07) is 1.54. The van der Waals surface area contributed by atoms with Gasteiger partial charge in [-0.15, -0.1) is 0 Å². The lowest BCUT2D eigenvalue weighted by molar-refractivity contribution is -0.0148. The van der Waals surface area contributed by atoms with Crippen LogP contribution in [-0.2, 0) is 5.60 Å². The predicted octanol–water partition coefficient (Wildman–Crippen LogP) is 1.18. The SMILES string of the molecule is OC1(c2cnc(Cl)cc2Cl)CNC1. The zero-order valence-electron chi connectivity index (χ0n) is 6.72. The molecule has 2 heterocycles. The molecule has 0 aromatic carbocycles. The second-order valence-corrected chi connectivity index (χ2v) is 3.92. The number of β-amino-alcohol motifs (C(OH)–C–C–N with tert-alkyl or cyclic N) is 1. The fourth-order valence-electron chi connectivity index (χ4n) is 1.30. The van der Waals surface area contributed by atoms with Gasteiger partial charge in [0.05, 0.1) is 5.02 Å². The first-order valence-electron chi connectivity index (χ1n) is 3.86. The van der Waals surface area contributed by atoms with E-state index >= 15 is 0 Å². The Labute approximate surface area is 85.7 Å². The van der Waals surface area contributed by atoms with Crippen LogP contribution in [0.3, 0.4) is 0 Å². The molecule has 3 nitrogen and oxygen atoms in total. The van der Waals surface area contributed by atoms with Gasteiger partial charge in [-0.3, -0.25) is 0 Å². The lowest BCUT2D eigenvalue weighted by Gasteiger charge is -2.38. The van der Waals surface area contributed by atoms with E-state index in [0.29, 0.717) is 28.8 Å². The van der Waals surface area contributed by atoms with Crippen LogP contribution < -0.4 is 5.32 Å². The van der Waals surface area contributed by atoms with Gasteiger partial charge in [-0.1, -0.05) is 23.2 Å². The summed E-state index contributed by atoms with van der Waals surface area (Å²) in [5, 5.41) is 13.7. The molecule has 13 heavy (non-hydrogen) atoms. The highest BCUT2D eigenvalue weighted by Gasteiger charge is 2.38. The molecule has 0 spiro atoms. The number of aliphatic hydroxyl groups is 1. The first-order chi connectivity index (χ1) is 6.12. The molecule has 1 saturated heterocycles. The number of nitrogens with one attached hydrogen (secondary N) is 1. The third-order valence-corrected chi connectivity index (χ3v) is 2.68. The quantitative estimate of drug-likeness (QED) is 0.697. The highest BCUT2D eigenvalue weighted by molar-refractivity contribution is 6.34. The summed E-state index contributed by atoms with van der Waals surface area (Å²) < 4.78 is 0. The van der Waals surface area contributed by atoms with Crippen LogP contribution in [0.25, 0.3) is 0 Å². The van der Waals surface area contributed by atoms with E-state index in [1.807, 2.05) is 0 Å². The van der Waals surface area contributed by atoms with Crippen molar-refractivity contribution in [3.05, 3.63) is 28.0 Å². The minimum absolute atomic E-state index is 0.338. The average Bonchev–Trinajstić information content (AvgIpc) is 2.00. The van der Waals surface area contributed by atoms with Gasteiger partial charge in [0, 0.05) is 24.8 Å². The number of halogens is 2. The average molecular weight is 219 g/mol. The Kier molecular flexibility index (Phi) is 2.20. The van der Waals surface area contributed by atoms with E-state index in [4.69, 9.17) is 23.2 Å². The first kappa shape index (κ1) is 9.21. The normalized spacial score (nSPS) is 19.6. The van der Waals surface area contributed by atoms with E-state index in [2.05, 4.69) is 10.3 Å². The number of nitrogens with zero attached hydrogens (tertiary/aromatic N) is 1. The molecule has 0 aliphatic carbocycles. The maximum atomic E-state index is 9.92. The largest absolute Gasteiger partial charge is 0.382 e. The van der Waals surface area contributed by atoms with Crippen LogP contribution in [0.2, 0.25) is 10.2 Å². The molecule has 1 fully saturated rings. The predicted molar refractivity (Wildman–Crippen MR) is 51.0 cm³/mol. The molecule has 1 aliphatic heterocycles. The van der Waals surface area contributed by atoms with Crippen LogP contribution in [0.5, 0.6) is 0 Å². The standard InChI is InChI=1S/C8H8Cl2N2O/c9-6-1-7(10)12-2-5(6)8(13)3-11-4-8/h1-2,11,13H,3-4H2. The third kappa shape index (κ3) is 1.53. The molecule has 0 bridgehead atoms. The van der Waals surface area contributed by atoms with Crippen molar-refractivity contribution >= 4 is 23.2 Å². The van der Waals surface area contributed by atoms with Gasteiger partial charge in [0.15, 0.2) is 0 Å². The van der Waals surface area contributed by atoms with E-state index in [1.54, 1.807) is 0 Å². The Morgan fingerprint density at radius 2 is 2.15 bits per heavy atom. The second kappa shape index (κ2) is 3.10. The lowest BCUT2D eigenvalue weighted by Crippen LogP contribution is -2.56. The van der Waals surface area contributed by atoms with Crippen molar-refractivity contribution in [1.82, 2.24) is 10.3 Å². The van der Waals surface area contributed by atoms with Gasteiger partial charge in [-0.05, 0) is 6.07 Å². The second-order valence-electron chi connectivity index (χ2n) is 3.12. The summed E-state index contributed by atoms with van der Waals surface area (Å²) in [4.78, 5) is 3.88. The molecule has 0 amide bonds. The Morgan fingerprint density at radius 3 is 2.62 bits per heavy atom. The van der Waals surface area contributed by atoms with Crippen LogP contribution in [-0.4, -0.2) is 23.2 Å². The van der Waals surface area contributed by atoms with Gasteiger partial charge in [-0.25, -0.2) is 4.98 Å². The highest BCUT2D eigenvalue weighted by atomic mass is 35.5. The maximum absolute atomic E-state index is 9.92. The van der Waals surface area contributed by atoms with Crippen molar-refractivity contribution < 1.29 is 5.11 Å². The summed E-state index contributed by atoms with van der Waals surface area (Å²) in [7, 11) is 0. The number of hydrogen-bond donors (Lipinski definition) is 2. The molecule has 1 aliphatic rings. The smallest absolute Gasteiger partial charge is 0.130 e. The molecular weight excluding hydrogens is 211 g/mol. The summed E-state index contributed by atoms with van der Waals surface area (Å²) in [6.45, 7) is 1.02. The van der Waals surface area contributed by atoms with Crippen LogP contribution in [0.15, 0.2) is 12.3 Å². The molecule has 1 aromatic heterocycles. The molecule has 0 radical (unpaired) electrons. The molecular formula is C8H8Cl2N2O. The van der Waals surface area contributed by atoms with Crippen molar-refractivity contribution in [2.45, 2.75) is 5.60 Å². The summed E-state index contributed by atoms with van der Waals surface area (Å²) in [6.07, 6.45) is 1.52.